The molecule has 1 aromatic heterocycles. The molecule has 0 bridgehead atoms. The predicted octanol–water partition coefficient (Wildman–Crippen LogP) is 4.70. The summed E-state index contributed by atoms with van der Waals surface area (Å²) in [5.41, 5.74) is 4.46. The summed E-state index contributed by atoms with van der Waals surface area (Å²) in [6.45, 7) is 1.93. The molecule has 3 aromatic rings. The molecular weight excluding hydrogens is 452 g/mol. The lowest BCUT2D eigenvalue weighted by molar-refractivity contribution is -0.137. The summed E-state index contributed by atoms with van der Waals surface area (Å²) in [6, 6.07) is 18.1. The zero-order chi connectivity index (χ0) is 24.1. The maximum absolute atomic E-state index is 12.9. The third kappa shape index (κ3) is 5.12. The molecule has 2 amide bonds. The molecule has 0 spiro atoms. The van der Waals surface area contributed by atoms with Crippen LogP contribution in [0.1, 0.15) is 47.7 Å². The van der Waals surface area contributed by atoms with Gasteiger partial charge in [0.25, 0.3) is 0 Å². The van der Waals surface area contributed by atoms with E-state index in [-0.39, 0.29) is 18.9 Å². The Balaban J connectivity index is 1.45. The summed E-state index contributed by atoms with van der Waals surface area (Å²) < 4.78 is 5.59. The lowest BCUT2D eigenvalue weighted by Crippen LogP contribution is -2.45. The van der Waals surface area contributed by atoms with Crippen molar-refractivity contribution in [3.05, 3.63) is 82.0 Å². The first-order chi connectivity index (χ1) is 16.5. The Labute approximate surface area is 201 Å². The van der Waals surface area contributed by atoms with E-state index in [1.807, 2.05) is 41.8 Å². The van der Waals surface area contributed by atoms with Gasteiger partial charge in [-0.25, -0.2) is 4.79 Å². The van der Waals surface area contributed by atoms with E-state index in [4.69, 9.17) is 9.84 Å². The van der Waals surface area contributed by atoms with Gasteiger partial charge in [0.15, 0.2) is 0 Å². The largest absolute Gasteiger partial charge is 0.481 e. The van der Waals surface area contributed by atoms with E-state index in [0.29, 0.717) is 11.3 Å². The van der Waals surface area contributed by atoms with Crippen molar-refractivity contribution in [2.24, 2.45) is 0 Å². The Morgan fingerprint density at radius 3 is 2.18 bits per heavy atom. The van der Waals surface area contributed by atoms with Gasteiger partial charge < -0.3 is 20.5 Å². The molecule has 3 N–H and O–H groups in total. The Morgan fingerprint density at radius 1 is 0.971 bits per heavy atom. The minimum atomic E-state index is -0.996. The first-order valence-corrected chi connectivity index (χ1v) is 12.0. The van der Waals surface area contributed by atoms with Crippen LogP contribution in [0.15, 0.2) is 66.0 Å². The molecule has 1 heterocycles. The fraction of sp³-hybridized carbons (Fsp3) is 0.269. The van der Waals surface area contributed by atoms with Crippen LogP contribution in [0.2, 0.25) is 0 Å². The van der Waals surface area contributed by atoms with Gasteiger partial charge in [0.1, 0.15) is 12.6 Å². The number of carbonyl (C=O) groups excluding carboxylic acids is 2. The Hall–Kier alpha value is -3.65. The number of hydrogen-bond acceptors (Lipinski definition) is 5. The highest BCUT2D eigenvalue weighted by atomic mass is 32.1. The topological polar surface area (TPSA) is 105 Å². The average Bonchev–Trinajstić information content (AvgIpc) is 3.47. The molecule has 7 nitrogen and oxygen atoms in total. The number of carboxylic acids is 1. The first kappa shape index (κ1) is 23.5. The molecule has 0 aliphatic heterocycles. The zero-order valence-electron chi connectivity index (χ0n) is 18.7. The van der Waals surface area contributed by atoms with Gasteiger partial charge in [0, 0.05) is 16.8 Å². The Kier molecular flexibility index (Phi) is 7.27. The van der Waals surface area contributed by atoms with Crippen molar-refractivity contribution in [1.29, 1.82) is 0 Å². The molecular formula is C26H26N2O5S. The van der Waals surface area contributed by atoms with Crippen molar-refractivity contribution in [3.63, 3.8) is 0 Å². The van der Waals surface area contributed by atoms with Crippen LogP contribution in [0.3, 0.4) is 0 Å². The van der Waals surface area contributed by atoms with Gasteiger partial charge in [-0.2, -0.15) is 0 Å². The molecule has 34 heavy (non-hydrogen) atoms. The Bertz CT molecular complexity index is 1130. The van der Waals surface area contributed by atoms with Crippen molar-refractivity contribution in [3.8, 4) is 11.1 Å². The summed E-state index contributed by atoms with van der Waals surface area (Å²) >= 11 is 1.33. The number of benzene rings is 2. The first-order valence-electron chi connectivity index (χ1n) is 11.1. The fourth-order valence-electron chi connectivity index (χ4n) is 4.27. The van der Waals surface area contributed by atoms with E-state index in [1.54, 1.807) is 19.1 Å². The highest BCUT2D eigenvalue weighted by Gasteiger charge is 2.31. The van der Waals surface area contributed by atoms with E-state index in [2.05, 4.69) is 22.8 Å². The van der Waals surface area contributed by atoms with Gasteiger partial charge in [0.05, 0.1) is 6.42 Å². The SMILES string of the molecule is CCC(CC(=O)O)NC(=O)C(NC(=O)OCC1c2ccccc2-c2ccccc21)c1cccs1. The second-order valence-corrected chi connectivity index (χ2v) is 9.11. The van der Waals surface area contributed by atoms with Crippen molar-refractivity contribution < 1.29 is 24.2 Å². The molecule has 0 radical (unpaired) electrons. The van der Waals surface area contributed by atoms with E-state index >= 15 is 0 Å². The molecule has 2 unspecified atom stereocenters. The van der Waals surface area contributed by atoms with Gasteiger partial charge in [-0.1, -0.05) is 61.5 Å². The van der Waals surface area contributed by atoms with Crippen molar-refractivity contribution in [1.82, 2.24) is 10.6 Å². The molecule has 4 rings (SSSR count). The third-order valence-corrected chi connectivity index (χ3v) is 6.89. The number of carbonyl (C=O) groups is 3. The third-order valence-electron chi connectivity index (χ3n) is 5.96. The normalized spacial score (nSPS) is 13.9. The van der Waals surface area contributed by atoms with Gasteiger partial charge in [-0.15, -0.1) is 11.3 Å². The molecule has 1 aliphatic rings. The van der Waals surface area contributed by atoms with Crippen LogP contribution in [0.25, 0.3) is 11.1 Å². The lowest BCUT2D eigenvalue weighted by Gasteiger charge is -2.22. The number of rotatable bonds is 9. The number of amides is 2. The van der Waals surface area contributed by atoms with Crippen molar-refractivity contribution in [2.45, 2.75) is 37.8 Å². The minimum Gasteiger partial charge on any atom is -0.481 e. The summed E-state index contributed by atoms with van der Waals surface area (Å²) in [6.07, 6.45) is -0.438. The Morgan fingerprint density at radius 2 is 1.62 bits per heavy atom. The number of hydrogen-bond donors (Lipinski definition) is 3. The molecule has 176 valence electrons. The molecule has 2 aromatic carbocycles. The quantitative estimate of drug-likeness (QED) is 0.414. The summed E-state index contributed by atoms with van der Waals surface area (Å²) in [5, 5.41) is 16.3. The van der Waals surface area contributed by atoms with Crippen LogP contribution in [-0.2, 0) is 14.3 Å². The van der Waals surface area contributed by atoms with Gasteiger partial charge >= 0.3 is 12.1 Å². The van der Waals surface area contributed by atoms with Crippen LogP contribution in [0.5, 0.6) is 0 Å². The average molecular weight is 479 g/mol. The molecule has 1 aliphatic carbocycles. The van der Waals surface area contributed by atoms with Crippen molar-refractivity contribution >= 4 is 29.3 Å². The minimum absolute atomic E-state index is 0.0906. The van der Waals surface area contributed by atoms with E-state index in [9.17, 15) is 14.4 Å². The van der Waals surface area contributed by atoms with Crippen LogP contribution in [0.4, 0.5) is 4.79 Å². The maximum atomic E-state index is 12.9. The van der Waals surface area contributed by atoms with Crippen LogP contribution < -0.4 is 10.6 Å². The standard InChI is InChI=1S/C26H26N2O5S/c1-2-16(14-23(29)30)27-25(31)24(22-12-7-13-34-22)28-26(32)33-15-21-19-10-5-3-8-17(19)18-9-4-6-11-20(18)21/h3-13,16,21,24H,2,14-15H2,1H3,(H,27,31)(H,28,32)(H,29,30). The van der Waals surface area contributed by atoms with Crippen LogP contribution >= 0.6 is 11.3 Å². The zero-order valence-corrected chi connectivity index (χ0v) is 19.5. The number of ether oxygens (including phenoxy) is 1. The van der Waals surface area contributed by atoms with E-state index in [1.165, 1.54) is 11.3 Å². The molecule has 0 saturated heterocycles. The van der Waals surface area contributed by atoms with Crippen LogP contribution in [0, 0.1) is 0 Å². The second-order valence-electron chi connectivity index (χ2n) is 8.13. The van der Waals surface area contributed by atoms with Crippen molar-refractivity contribution in [2.75, 3.05) is 6.61 Å². The van der Waals surface area contributed by atoms with E-state index in [0.717, 1.165) is 22.3 Å². The lowest BCUT2D eigenvalue weighted by atomic mass is 9.98. The molecule has 0 saturated carbocycles. The number of aliphatic carboxylic acids is 1. The molecule has 8 heteroatoms. The number of thiophene rings is 1. The number of nitrogens with one attached hydrogen (secondary N) is 2. The van der Waals surface area contributed by atoms with Gasteiger partial charge in [-0.05, 0) is 40.1 Å². The summed E-state index contributed by atoms with van der Waals surface area (Å²) in [5.74, 6) is -1.56. The van der Waals surface area contributed by atoms with Gasteiger partial charge in [0.2, 0.25) is 5.91 Å². The number of carboxylic acid groups (broad SMARTS) is 1. The number of alkyl carbamates (subject to hydrolysis) is 1. The van der Waals surface area contributed by atoms with E-state index < -0.39 is 30.1 Å². The number of fused-ring (bicyclic) bond motifs is 3. The van der Waals surface area contributed by atoms with Crippen LogP contribution in [-0.4, -0.2) is 35.7 Å². The predicted molar refractivity (Wildman–Crippen MR) is 130 cm³/mol. The smallest absolute Gasteiger partial charge is 0.408 e. The van der Waals surface area contributed by atoms with Gasteiger partial charge in [-0.3, -0.25) is 9.59 Å². The highest BCUT2D eigenvalue weighted by Crippen LogP contribution is 2.44. The fourth-order valence-corrected chi connectivity index (χ4v) is 5.05. The highest BCUT2D eigenvalue weighted by molar-refractivity contribution is 7.10. The monoisotopic (exact) mass is 478 g/mol. The molecule has 2 atom stereocenters. The summed E-state index contributed by atoms with van der Waals surface area (Å²) in [7, 11) is 0. The second kappa shape index (κ2) is 10.5. The maximum Gasteiger partial charge on any atom is 0.408 e. The molecule has 0 fully saturated rings. The summed E-state index contributed by atoms with van der Waals surface area (Å²) in [4.78, 5) is 37.4.